The van der Waals surface area contributed by atoms with Gasteiger partial charge in [-0.2, -0.15) is 5.10 Å². The van der Waals surface area contributed by atoms with E-state index in [1.54, 1.807) is 29.6 Å². The Kier molecular flexibility index (Phi) is 4.37. The Balaban J connectivity index is 1.61. The topological polar surface area (TPSA) is 85.6 Å². The summed E-state index contributed by atoms with van der Waals surface area (Å²) in [5.74, 6) is -0.0849. The molecule has 0 saturated carbocycles. The van der Waals surface area contributed by atoms with Gasteiger partial charge in [-0.05, 0) is 24.6 Å². The number of carbonyl (C=O) groups is 1. The molecule has 0 spiro atoms. The van der Waals surface area contributed by atoms with Crippen LogP contribution in [-0.4, -0.2) is 30.6 Å². The van der Waals surface area contributed by atoms with Gasteiger partial charge in [0.2, 0.25) is 5.91 Å². The summed E-state index contributed by atoms with van der Waals surface area (Å²) in [5, 5.41) is 7.04. The lowest BCUT2D eigenvalue weighted by Gasteiger charge is -2.14. The minimum atomic E-state index is -0.0935. The predicted molar refractivity (Wildman–Crippen MR) is 83.7 cm³/mol. The van der Waals surface area contributed by atoms with E-state index in [2.05, 4.69) is 25.4 Å². The zero-order valence-electron chi connectivity index (χ0n) is 12.6. The number of rotatable bonds is 5. The van der Waals surface area contributed by atoms with Gasteiger partial charge in [0.1, 0.15) is 12.7 Å². The Bertz CT molecular complexity index is 755. The zero-order valence-corrected chi connectivity index (χ0v) is 12.6. The fourth-order valence-corrected chi connectivity index (χ4v) is 2.22. The predicted octanol–water partition coefficient (Wildman–Crippen LogP) is 1.48. The lowest BCUT2D eigenvalue weighted by Crippen LogP contribution is -2.28. The van der Waals surface area contributed by atoms with Crippen molar-refractivity contribution >= 4 is 5.91 Å². The van der Waals surface area contributed by atoms with Crippen LogP contribution in [0.4, 0.5) is 0 Å². The van der Waals surface area contributed by atoms with Gasteiger partial charge in [0.25, 0.3) is 0 Å². The molecule has 7 nitrogen and oxygen atoms in total. The fourth-order valence-electron chi connectivity index (χ4n) is 2.22. The summed E-state index contributed by atoms with van der Waals surface area (Å²) in [6, 6.07) is 7.71. The molecule has 2 aromatic heterocycles. The van der Waals surface area contributed by atoms with E-state index in [4.69, 9.17) is 0 Å². The third-order valence-corrected chi connectivity index (χ3v) is 3.41. The number of aromatic nitrogens is 5. The van der Waals surface area contributed by atoms with E-state index >= 15 is 0 Å². The van der Waals surface area contributed by atoms with E-state index in [9.17, 15) is 4.79 Å². The molecule has 116 valence electrons. The maximum absolute atomic E-state index is 12.0. The molecule has 0 bridgehead atoms. The van der Waals surface area contributed by atoms with Gasteiger partial charge in [0, 0.05) is 18.6 Å². The Morgan fingerprint density at radius 2 is 2.04 bits per heavy atom. The van der Waals surface area contributed by atoms with Crippen LogP contribution in [-0.2, 0) is 11.2 Å². The van der Waals surface area contributed by atoms with Crippen molar-refractivity contribution in [1.82, 2.24) is 30.0 Å². The monoisotopic (exact) mass is 308 g/mol. The van der Waals surface area contributed by atoms with Gasteiger partial charge in [-0.3, -0.25) is 14.8 Å². The summed E-state index contributed by atoms with van der Waals surface area (Å²) in [6.45, 7) is 1.94. The van der Waals surface area contributed by atoms with Crippen molar-refractivity contribution in [3.05, 3.63) is 66.8 Å². The molecular formula is C16H16N6O. The number of benzene rings is 1. The molecule has 1 unspecified atom stereocenters. The normalized spacial score (nSPS) is 11.9. The van der Waals surface area contributed by atoms with Crippen molar-refractivity contribution in [2.45, 2.75) is 19.4 Å². The van der Waals surface area contributed by atoms with Gasteiger partial charge in [-0.1, -0.05) is 12.1 Å². The molecule has 23 heavy (non-hydrogen) atoms. The SMILES string of the molecule is CC(NC(=O)Cc1cnccn1)c1ccc(-n2cncn2)cc1. The van der Waals surface area contributed by atoms with Gasteiger partial charge in [-0.15, -0.1) is 0 Å². The van der Waals surface area contributed by atoms with E-state index in [0.29, 0.717) is 5.69 Å². The molecule has 0 saturated heterocycles. The Hall–Kier alpha value is -3.09. The van der Waals surface area contributed by atoms with Crippen LogP contribution in [0.2, 0.25) is 0 Å². The smallest absolute Gasteiger partial charge is 0.226 e. The van der Waals surface area contributed by atoms with E-state index in [0.717, 1.165) is 11.3 Å². The highest BCUT2D eigenvalue weighted by molar-refractivity contribution is 5.78. The van der Waals surface area contributed by atoms with Crippen molar-refractivity contribution in [2.24, 2.45) is 0 Å². The van der Waals surface area contributed by atoms with E-state index < -0.39 is 0 Å². The molecule has 2 heterocycles. The molecule has 0 aliphatic heterocycles. The van der Waals surface area contributed by atoms with Gasteiger partial charge in [-0.25, -0.2) is 9.67 Å². The van der Waals surface area contributed by atoms with E-state index in [-0.39, 0.29) is 18.4 Å². The van der Waals surface area contributed by atoms with Crippen LogP contribution in [0.3, 0.4) is 0 Å². The Morgan fingerprint density at radius 1 is 1.22 bits per heavy atom. The average Bonchev–Trinajstić information content (AvgIpc) is 3.10. The first-order valence-electron chi connectivity index (χ1n) is 7.21. The molecule has 0 aliphatic carbocycles. The van der Waals surface area contributed by atoms with Crippen molar-refractivity contribution in [1.29, 1.82) is 0 Å². The zero-order chi connectivity index (χ0) is 16.1. The summed E-state index contributed by atoms with van der Waals surface area (Å²) >= 11 is 0. The van der Waals surface area contributed by atoms with Crippen LogP contribution in [0, 0.1) is 0 Å². The van der Waals surface area contributed by atoms with Crippen molar-refractivity contribution < 1.29 is 4.79 Å². The highest BCUT2D eigenvalue weighted by Crippen LogP contribution is 2.15. The van der Waals surface area contributed by atoms with Gasteiger partial charge in [0.15, 0.2) is 0 Å². The average molecular weight is 308 g/mol. The second-order valence-electron chi connectivity index (χ2n) is 5.09. The molecular weight excluding hydrogens is 292 g/mol. The summed E-state index contributed by atoms with van der Waals surface area (Å²) in [6.07, 6.45) is 8.10. The highest BCUT2D eigenvalue weighted by atomic mass is 16.1. The molecule has 1 N–H and O–H groups in total. The number of carbonyl (C=O) groups excluding carboxylic acids is 1. The molecule has 3 aromatic rings. The minimum absolute atomic E-state index is 0.0849. The van der Waals surface area contributed by atoms with E-state index in [1.807, 2.05) is 31.2 Å². The second-order valence-corrected chi connectivity index (χ2v) is 5.09. The van der Waals surface area contributed by atoms with Crippen LogP contribution in [0.1, 0.15) is 24.2 Å². The largest absolute Gasteiger partial charge is 0.349 e. The molecule has 0 fully saturated rings. The maximum Gasteiger partial charge on any atom is 0.226 e. The van der Waals surface area contributed by atoms with E-state index in [1.165, 1.54) is 6.33 Å². The van der Waals surface area contributed by atoms with Crippen LogP contribution in [0.5, 0.6) is 0 Å². The van der Waals surface area contributed by atoms with Crippen LogP contribution in [0.15, 0.2) is 55.5 Å². The van der Waals surface area contributed by atoms with Crippen LogP contribution >= 0.6 is 0 Å². The summed E-state index contributed by atoms with van der Waals surface area (Å²) in [4.78, 5) is 24.0. The third-order valence-electron chi connectivity index (χ3n) is 3.41. The molecule has 7 heteroatoms. The summed E-state index contributed by atoms with van der Waals surface area (Å²) in [7, 11) is 0. The van der Waals surface area contributed by atoms with Crippen molar-refractivity contribution in [3.8, 4) is 5.69 Å². The maximum atomic E-state index is 12.0. The Labute approximate surface area is 133 Å². The fraction of sp³-hybridized carbons (Fsp3) is 0.188. The standard InChI is InChI=1S/C16H16N6O/c1-12(21-16(23)8-14-9-17-6-7-19-14)13-2-4-15(5-3-13)22-11-18-10-20-22/h2-7,9-12H,8H2,1H3,(H,21,23). The molecule has 0 radical (unpaired) electrons. The second kappa shape index (κ2) is 6.78. The van der Waals surface area contributed by atoms with Crippen molar-refractivity contribution in [2.75, 3.05) is 0 Å². The first kappa shape index (κ1) is 14.8. The summed E-state index contributed by atoms with van der Waals surface area (Å²) < 4.78 is 1.68. The molecule has 1 amide bonds. The number of nitrogens with zero attached hydrogens (tertiary/aromatic N) is 5. The van der Waals surface area contributed by atoms with Gasteiger partial charge >= 0.3 is 0 Å². The first-order valence-corrected chi connectivity index (χ1v) is 7.21. The lowest BCUT2D eigenvalue weighted by atomic mass is 10.1. The quantitative estimate of drug-likeness (QED) is 0.771. The summed E-state index contributed by atoms with van der Waals surface area (Å²) in [5.41, 5.74) is 2.59. The third kappa shape index (κ3) is 3.76. The van der Waals surface area contributed by atoms with Gasteiger partial charge in [0.05, 0.1) is 23.8 Å². The number of nitrogens with one attached hydrogen (secondary N) is 1. The highest BCUT2D eigenvalue weighted by Gasteiger charge is 2.11. The molecule has 0 aliphatic rings. The molecule has 1 atom stereocenters. The first-order chi connectivity index (χ1) is 11.2. The van der Waals surface area contributed by atoms with Gasteiger partial charge < -0.3 is 5.32 Å². The Morgan fingerprint density at radius 3 is 2.70 bits per heavy atom. The van der Waals surface area contributed by atoms with Crippen LogP contribution < -0.4 is 5.32 Å². The molecule has 3 rings (SSSR count). The van der Waals surface area contributed by atoms with Crippen LogP contribution in [0.25, 0.3) is 5.69 Å². The molecule has 1 aromatic carbocycles. The number of amides is 1. The lowest BCUT2D eigenvalue weighted by molar-refractivity contribution is -0.121. The number of hydrogen-bond acceptors (Lipinski definition) is 5. The van der Waals surface area contributed by atoms with Crippen molar-refractivity contribution in [3.63, 3.8) is 0 Å². The number of hydrogen-bond donors (Lipinski definition) is 1. The minimum Gasteiger partial charge on any atom is -0.349 e.